The SMILES string of the molecule is Cc1ccc2oc3c(-c4ccc5c(c4)c4ccccc4n5-c4ccc(-c5c6ccccc6c(-c6ccccc6)c6ccccc56)cc4)cc(C)cc3c2c1. The van der Waals surface area contributed by atoms with Crippen molar-refractivity contribution in [3.8, 4) is 39.1 Å². The second-order valence-corrected chi connectivity index (χ2v) is 14.6. The number of aryl methyl sites for hydroxylation is 2. The maximum atomic E-state index is 6.55. The van der Waals surface area contributed by atoms with E-state index in [0.717, 1.165) is 28.0 Å². The Hall–Kier alpha value is -6.90. The molecule has 54 heavy (non-hydrogen) atoms. The summed E-state index contributed by atoms with van der Waals surface area (Å²) in [7, 11) is 0. The Balaban J connectivity index is 1.08. The molecule has 0 spiro atoms. The third-order valence-electron chi connectivity index (χ3n) is 11.3. The molecule has 0 radical (unpaired) electrons. The molecule has 2 nitrogen and oxygen atoms in total. The molecule has 0 aliphatic carbocycles. The van der Waals surface area contributed by atoms with Crippen LogP contribution in [-0.4, -0.2) is 4.57 Å². The Kier molecular flexibility index (Phi) is 6.72. The summed E-state index contributed by atoms with van der Waals surface area (Å²) in [6, 6.07) is 64.3. The van der Waals surface area contributed by atoms with E-state index in [1.165, 1.54) is 87.5 Å². The normalized spacial score (nSPS) is 11.9. The van der Waals surface area contributed by atoms with E-state index >= 15 is 0 Å². The first-order valence-electron chi connectivity index (χ1n) is 18.7. The highest BCUT2D eigenvalue weighted by Crippen LogP contribution is 2.45. The van der Waals surface area contributed by atoms with Crippen LogP contribution in [0.3, 0.4) is 0 Å². The summed E-state index contributed by atoms with van der Waals surface area (Å²) in [5, 5.41) is 9.85. The summed E-state index contributed by atoms with van der Waals surface area (Å²) in [5.41, 5.74) is 15.1. The summed E-state index contributed by atoms with van der Waals surface area (Å²) in [5.74, 6) is 0. The molecule has 11 aromatic rings. The van der Waals surface area contributed by atoms with E-state index in [1.54, 1.807) is 0 Å². The van der Waals surface area contributed by atoms with Gasteiger partial charge in [-0.2, -0.15) is 0 Å². The summed E-state index contributed by atoms with van der Waals surface area (Å²) in [6.45, 7) is 4.31. The molecule has 0 atom stereocenters. The smallest absolute Gasteiger partial charge is 0.143 e. The van der Waals surface area contributed by atoms with Crippen molar-refractivity contribution in [1.29, 1.82) is 0 Å². The fraction of sp³-hybridized carbons (Fsp3) is 0.0385. The van der Waals surface area contributed by atoms with Crippen molar-refractivity contribution in [3.63, 3.8) is 0 Å². The van der Waals surface area contributed by atoms with Crippen LogP contribution in [0.25, 0.3) is 104 Å². The van der Waals surface area contributed by atoms with Crippen molar-refractivity contribution in [2.24, 2.45) is 0 Å². The average molecular weight is 690 g/mol. The fourth-order valence-corrected chi connectivity index (χ4v) is 8.90. The lowest BCUT2D eigenvalue weighted by Crippen LogP contribution is -1.94. The summed E-state index contributed by atoms with van der Waals surface area (Å²) in [4.78, 5) is 0. The Morgan fingerprint density at radius 2 is 0.926 bits per heavy atom. The van der Waals surface area contributed by atoms with Gasteiger partial charge in [0.15, 0.2) is 0 Å². The monoisotopic (exact) mass is 689 g/mol. The lowest BCUT2D eigenvalue weighted by molar-refractivity contribution is 0.670. The van der Waals surface area contributed by atoms with Gasteiger partial charge in [0.2, 0.25) is 0 Å². The molecule has 11 rings (SSSR count). The van der Waals surface area contributed by atoms with Gasteiger partial charge < -0.3 is 8.98 Å². The molecule has 2 heteroatoms. The highest BCUT2D eigenvalue weighted by atomic mass is 16.3. The first-order chi connectivity index (χ1) is 26.6. The number of benzene rings is 9. The van der Waals surface area contributed by atoms with Crippen molar-refractivity contribution >= 4 is 65.3 Å². The molecule has 0 aliphatic rings. The predicted molar refractivity (Wildman–Crippen MR) is 229 cm³/mol. The van der Waals surface area contributed by atoms with Gasteiger partial charge in [0.25, 0.3) is 0 Å². The highest BCUT2D eigenvalue weighted by Gasteiger charge is 2.19. The molecule has 0 bridgehead atoms. The minimum Gasteiger partial charge on any atom is -0.455 e. The van der Waals surface area contributed by atoms with Gasteiger partial charge in [-0.1, -0.05) is 127 Å². The van der Waals surface area contributed by atoms with E-state index in [9.17, 15) is 0 Å². The maximum absolute atomic E-state index is 6.55. The van der Waals surface area contributed by atoms with Crippen LogP contribution in [0.15, 0.2) is 180 Å². The molecular weight excluding hydrogens is 655 g/mol. The van der Waals surface area contributed by atoms with Gasteiger partial charge in [-0.05, 0) is 123 Å². The molecular formula is C52H35NO. The van der Waals surface area contributed by atoms with Crippen LogP contribution in [0.4, 0.5) is 0 Å². The third-order valence-corrected chi connectivity index (χ3v) is 11.3. The summed E-state index contributed by atoms with van der Waals surface area (Å²) in [6.07, 6.45) is 0. The quantitative estimate of drug-likeness (QED) is 0.168. The molecule has 0 N–H and O–H groups in total. The Bertz CT molecular complexity index is 3210. The number of fused-ring (bicyclic) bond motifs is 8. The fourth-order valence-electron chi connectivity index (χ4n) is 8.90. The van der Waals surface area contributed by atoms with E-state index in [4.69, 9.17) is 4.42 Å². The van der Waals surface area contributed by atoms with Gasteiger partial charge in [-0.25, -0.2) is 0 Å². The molecule has 9 aromatic carbocycles. The molecule has 0 amide bonds. The number of nitrogens with zero attached hydrogens (tertiary/aromatic N) is 1. The van der Waals surface area contributed by atoms with Crippen LogP contribution in [0.1, 0.15) is 11.1 Å². The average Bonchev–Trinajstić information content (AvgIpc) is 3.75. The molecule has 0 aliphatic heterocycles. The number of hydrogen-bond donors (Lipinski definition) is 0. The number of furan rings is 1. The second kappa shape index (κ2) is 11.8. The summed E-state index contributed by atoms with van der Waals surface area (Å²) >= 11 is 0. The minimum absolute atomic E-state index is 0.928. The van der Waals surface area contributed by atoms with Gasteiger partial charge in [-0.3, -0.25) is 0 Å². The van der Waals surface area contributed by atoms with E-state index in [-0.39, 0.29) is 0 Å². The van der Waals surface area contributed by atoms with Gasteiger partial charge in [0.05, 0.1) is 11.0 Å². The number of aromatic nitrogens is 1. The molecule has 0 saturated heterocycles. The highest BCUT2D eigenvalue weighted by molar-refractivity contribution is 6.21. The van der Waals surface area contributed by atoms with E-state index in [1.807, 2.05) is 0 Å². The van der Waals surface area contributed by atoms with Gasteiger partial charge >= 0.3 is 0 Å². The predicted octanol–water partition coefficient (Wildman–Crippen LogP) is 14.6. The van der Waals surface area contributed by atoms with Crippen molar-refractivity contribution in [2.75, 3.05) is 0 Å². The lowest BCUT2D eigenvalue weighted by atomic mass is 9.86. The number of rotatable bonds is 4. The Labute approximate surface area is 313 Å². The van der Waals surface area contributed by atoms with Crippen molar-refractivity contribution in [2.45, 2.75) is 13.8 Å². The van der Waals surface area contributed by atoms with E-state index in [2.05, 4.69) is 194 Å². The lowest BCUT2D eigenvalue weighted by Gasteiger charge is -2.18. The minimum atomic E-state index is 0.928. The maximum Gasteiger partial charge on any atom is 0.143 e. The van der Waals surface area contributed by atoms with E-state index in [0.29, 0.717) is 0 Å². The molecule has 0 unspecified atom stereocenters. The van der Waals surface area contributed by atoms with Crippen molar-refractivity contribution < 1.29 is 4.42 Å². The van der Waals surface area contributed by atoms with Gasteiger partial charge in [0.1, 0.15) is 11.2 Å². The van der Waals surface area contributed by atoms with Crippen LogP contribution in [0.2, 0.25) is 0 Å². The zero-order valence-corrected chi connectivity index (χ0v) is 30.1. The molecule has 2 aromatic heterocycles. The molecule has 0 fully saturated rings. The second-order valence-electron chi connectivity index (χ2n) is 14.6. The van der Waals surface area contributed by atoms with Crippen LogP contribution in [0.5, 0.6) is 0 Å². The molecule has 254 valence electrons. The molecule has 0 saturated carbocycles. The summed E-state index contributed by atoms with van der Waals surface area (Å²) < 4.78 is 8.95. The van der Waals surface area contributed by atoms with Crippen LogP contribution >= 0.6 is 0 Å². The first-order valence-corrected chi connectivity index (χ1v) is 18.7. The van der Waals surface area contributed by atoms with Gasteiger partial charge in [-0.15, -0.1) is 0 Å². The zero-order chi connectivity index (χ0) is 35.9. The standard InChI is InChI=1S/C52H35NO/c1-32-20-27-49-45(28-32)46-30-33(2)29-43(52(46)54-49)36-23-26-48-44(31-36)38-14-10-11-19-47(38)53(48)37-24-21-35(22-25-37)51-41-17-8-6-15-39(41)50(34-12-4-3-5-13-34)40-16-7-9-18-42(40)51/h3-31H,1-2H3. The number of hydrogen-bond acceptors (Lipinski definition) is 1. The third kappa shape index (κ3) is 4.60. The van der Waals surface area contributed by atoms with Crippen molar-refractivity contribution in [1.82, 2.24) is 4.57 Å². The zero-order valence-electron chi connectivity index (χ0n) is 30.1. The largest absolute Gasteiger partial charge is 0.455 e. The van der Waals surface area contributed by atoms with Gasteiger partial charge in [0, 0.05) is 32.8 Å². The van der Waals surface area contributed by atoms with Crippen LogP contribution in [0, 0.1) is 13.8 Å². The van der Waals surface area contributed by atoms with Crippen LogP contribution < -0.4 is 0 Å². The van der Waals surface area contributed by atoms with E-state index < -0.39 is 0 Å². The Morgan fingerprint density at radius 3 is 1.61 bits per heavy atom. The topological polar surface area (TPSA) is 18.1 Å². The first kappa shape index (κ1) is 30.7. The Morgan fingerprint density at radius 1 is 0.370 bits per heavy atom. The van der Waals surface area contributed by atoms with Crippen LogP contribution in [-0.2, 0) is 0 Å². The molecule has 2 heterocycles. The van der Waals surface area contributed by atoms with Crippen molar-refractivity contribution in [3.05, 3.63) is 187 Å². The number of para-hydroxylation sites is 1.